The summed E-state index contributed by atoms with van der Waals surface area (Å²) in [7, 11) is 2.98. The minimum Gasteiger partial charge on any atom is -0.618 e. The highest BCUT2D eigenvalue weighted by atomic mass is 19.1. The quantitative estimate of drug-likeness (QED) is 0.618. The number of methoxy groups -OCH3 is 2. The molecule has 0 saturated heterocycles. The normalized spacial score (nSPS) is 10.2. The zero-order valence-electron chi connectivity index (χ0n) is 10.0. The lowest BCUT2D eigenvalue weighted by Gasteiger charge is -2.09. The molecule has 18 heavy (non-hydrogen) atoms. The molecule has 0 radical (unpaired) electrons. The maximum absolute atomic E-state index is 13.7. The molecule has 0 fully saturated rings. The number of rotatable bonds is 3. The second kappa shape index (κ2) is 4.91. The van der Waals surface area contributed by atoms with Crippen LogP contribution in [0.3, 0.4) is 0 Å². The van der Waals surface area contributed by atoms with Gasteiger partial charge in [0.1, 0.15) is 11.5 Å². The Hall–Kier alpha value is -2.30. The van der Waals surface area contributed by atoms with E-state index < -0.39 is 5.82 Å². The maximum atomic E-state index is 13.7. The van der Waals surface area contributed by atoms with Gasteiger partial charge in [-0.2, -0.15) is 9.12 Å². The highest BCUT2D eigenvalue weighted by Gasteiger charge is 2.17. The molecule has 0 unspecified atom stereocenters. The Morgan fingerprint density at radius 1 is 1.11 bits per heavy atom. The van der Waals surface area contributed by atoms with Crippen molar-refractivity contribution in [1.29, 1.82) is 0 Å². The first-order valence-corrected chi connectivity index (χ1v) is 5.27. The van der Waals surface area contributed by atoms with Crippen LogP contribution in [0.2, 0.25) is 0 Å². The molecule has 0 saturated carbocycles. The van der Waals surface area contributed by atoms with E-state index in [9.17, 15) is 9.60 Å². The van der Waals surface area contributed by atoms with E-state index in [0.29, 0.717) is 21.8 Å². The summed E-state index contributed by atoms with van der Waals surface area (Å²) >= 11 is 0. The number of hydrogen-bond acceptors (Lipinski definition) is 3. The van der Waals surface area contributed by atoms with Crippen LogP contribution in [0.4, 0.5) is 4.39 Å². The molecule has 1 heterocycles. The molecule has 94 valence electrons. The lowest BCUT2D eigenvalue weighted by molar-refractivity contribution is -0.595. The van der Waals surface area contributed by atoms with Crippen molar-refractivity contribution in [2.75, 3.05) is 14.2 Å². The lowest BCUT2D eigenvalue weighted by Crippen LogP contribution is -2.29. The van der Waals surface area contributed by atoms with Crippen molar-refractivity contribution in [2.24, 2.45) is 0 Å². The van der Waals surface area contributed by atoms with Crippen LogP contribution in [0.15, 0.2) is 36.5 Å². The first-order chi connectivity index (χ1) is 8.65. The van der Waals surface area contributed by atoms with Gasteiger partial charge in [-0.1, -0.05) is 0 Å². The molecule has 2 aromatic rings. The summed E-state index contributed by atoms with van der Waals surface area (Å²) in [4.78, 5) is 0. The summed E-state index contributed by atoms with van der Waals surface area (Å²) in [6, 6.07) is 7.39. The standard InChI is InChI=1S/C13H12FNO3/c1-17-10-6-9(7-11(8-10)18-2)13-12(14)4-3-5-15(13)16/h3-8H,1-2H3. The van der Waals surface area contributed by atoms with Gasteiger partial charge in [0, 0.05) is 12.1 Å². The number of aromatic nitrogens is 1. The molecular formula is C13H12FNO3. The van der Waals surface area contributed by atoms with Gasteiger partial charge < -0.3 is 14.7 Å². The van der Waals surface area contributed by atoms with Gasteiger partial charge >= 0.3 is 0 Å². The van der Waals surface area contributed by atoms with Gasteiger partial charge in [-0.3, -0.25) is 0 Å². The van der Waals surface area contributed by atoms with E-state index >= 15 is 0 Å². The highest BCUT2D eigenvalue weighted by molar-refractivity contribution is 5.62. The zero-order chi connectivity index (χ0) is 13.1. The molecule has 1 aromatic heterocycles. The van der Waals surface area contributed by atoms with Crippen LogP contribution in [-0.4, -0.2) is 14.2 Å². The second-order valence-corrected chi connectivity index (χ2v) is 3.63. The van der Waals surface area contributed by atoms with Gasteiger partial charge in [-0.25, -0.2) is 0 Å². The molecule has 4 nitrogen and oxygen atoms in total. The third-order valence-electron chi connectivity index (χ3n) is 2.54. The summed E-state index contributed by atoms with van der Waals surface area (Å²) < 4.78 is 24.4. The molecule has 0 spiro atoms. The second-order valence-electron chi connectivity index (χ2n) is 3.63. The van der Waals surface area contributed by atoms with E-state index in [2.05, 4.69) is 0 Å². The van der Waals surface area contributed by atoms with E-state index in [1.807, 2.05) is 0 Å². The van der Waals surface area contributed by atoms with Crippen molar-refractivity contribution in [2.45, 2.75) is 0 Å². The minimum atomic E-state index is -0.595. The van der Waals surface area contributed by atoms with E-state index in [1.54, 1.807) is 18.2 Å². The van der Waals surface area contributed by atoms with Crippen LogP contribution in [0.5, 0.6) is 11.5 Å². The largest absolute Gasteiger partial charge is 0.618 e. The fraction of sp³-hybridized carbons (Fsp3) is 0.154. The molecular weight excluding hydrogens is 237 g/mol. The summed E-state index contributed by atoms with van der Waals surface area (Å²) in [5.41, 5.74) is 0.342. The van der Waals surface area contributed by atoms with Crippen LogP contribution in [0.25, 0.3) is 11.3 Å². The monoisotopic (exact) mass is 249 g/mol. The Morgan fingerprint density at radius 3 is 2.22 bits per heavy atom. The van der Waals surface area contributed by atoms with Gasteiger partial charge in [-0.15, -0.1) is 0 Å². The topological polar surface area (TPSA) is 45.4 Å². The average Bonchev–Trinajstić information content (AvgIpc) is 2.38. The highest BCUT2D eigenvalue weighted by Crippen LogP contribution is 2.29. The van der Waals surface area contributed by atoms with E-state index in [1.165, 1.54) is 32.5 Å². The predicted octanol–water partition coefficient (Wildman–Crippen LogP) is 2.14. The van der Waals surface area contributed by atoms with Crippen molar-refractivity contribution in [3.63, 3.8) is 0 Å². The number of ether oxygens (including phenoxy) is 2. The number of halogens is 1. The number of nitrogens with zero attached hydrogens (tertiary/aromatic N) is 1. The molecule has 0 aliphatic carbocycles. The first-order valence-electron chi connectivity index (χ1n) is 5.27. The van der Waals surface area contributed by atoms with E-state index in [-0.39, 0.29) is 5.69 Å². The molecule has 1 aromatic carbocycles. The maximum Gasteiger partial charge on any atom is 0.260 e. The van der Waals surface area contributed by atoms with Gasteiger partial charge in [0.25, 0.3) is 5.69 Å². The molecule has 0 N–H and O–H groups in total. The SMILES string of the molecule is COc1cc(OC)cc(-c2c(F)ccc[n+]2[O-])c1. The Bertz CT molecular complexity index is 530. The Balaban J connectivity index is 2.63. The smallest absolute Gasteiger partial charge is 0.260 e. The molecule has 2 rings (SSSR count). The van der Waals surface area contributed by atoms with Gasteiger partial charge in [0.05, 0.1) is 19.8 Å². The summed E-state index contributed by atoms with van der Waals surface area (Å²) in [5.74, 6) is 0.392. The zero-order valence-corrected chi connectivity index (χ0v) is 10.0. The van der Waals surface area contributed by atoms with Crippen molar-refractivity contribution in [1.82, 2.24) is 0 Å². The van der Waals surface area contributed by atoms with Crippen LogP contribution >= 0.6 is 0 Å². The third-order valence-corrected chi connectivity index (χ3v) is 2.54. The number of pyridine rings is 1. The van der Waals surface area contributed by atoms with Crippen molar-refractivity contribution >= 4 is 0 Å². The van der Waals surface area contributed by atoms with E-state index in [0.717, 1.165) is 0 Å². The summed E-state index contributed by atoms with van der Waals surface area (Å²) in [6.07, 6.45) is 1.24. The van der Waals surface area contributed by atoms with Crippen LogP contribution in [0, 0.1) is 11.0 Å². The van der Waals surface area contributed by atoms with Crippen LogP contribution in [0.1, 0.15) is 0 Å². The van der Waals surface area contributed by atoms with Crippen molar-refractivity contribution < 1.29 is 18.6 Å². The molecule has 0 bridgehead atoms. The molecule has 0 amide bonds. The Morgan fingerprint density at radius 2 is 1.72 bits per heavy atom. The first kappa shape index (κ1) is 12.2. The fourth-order valence-corrected chi connectivity index (χ4v) is 1.67. The van der Waals surface area contributed by atoms with Crippen molar-refractivity contribution in [3.8, 4) is 22.8 Å². The average molecular weight is 249 g/mol. The fourth-order valence-electron chi connectivity index (χ4n) is 1.67. The summed E-state index contributed by atoms with van der Waals surface area (Å²) in [6.45, 7) is 0. The predicted molar refractivity (Wildman–Crippen MR) is 63.9 cm³/mol. The number of hydrogen-bond donors (Lipinski definition) is 0. The molecule has 5 heteroatoms. The van der Waals surface area contributed by atoms with Gasteiger partial charge in [-0.05, 0) is 18.2 Å². The van der Waals surface area contributed by atoms with Gasteiger partial charge in [0.2, 0.25) is 0 Å². The number of benzene rings is 1. The third kappa shape index (κ3) is 2.20. The van der Waals surface area contributed by atoms with E-state index in [4.69, 9.17) is 9.47 Å². The van der Waals surface area contributed by atoms with Crippen molar-refractivity contribution in [3.05, 3.63) is 47.6 Å². The molecule has 0 aliphatic heterocycles. The van der Waals surface area contributed by atoms with Crippen LogP contribution < -0.4 is 14.2 Å². The molecule has 0 aliphatic rings. The Labute approximate surface area is 104 Å². The molecule has 0 atom stereocenters. The Kier molecular flexibility index (Phi) is 3.32. The lowest BCUT2D eigenvalue weighted by atomic mass is 10.1. The van der Waals surface area contributed by atoms with Crippen LogP contribution in [-0.2, 0) is 0 Å². The van der Waals surface area contributed by atoms with Gasteiger partial charge in [0.15, 0.2) is 12.0 Å². The minimum absolute atomic E-state index is 0.0605. The summed E-state index contributed by atoms with van der Waals surface area (Å²) in [5, 5.41) is 11.6.